The molecule has 0 aliphatic carbocycles. The van der Waals surface area contributed by atoms with E-state index in [4.69, 9.17) is 23.2 Å². The molecule has 1 N–H and O–H groups in total. The number of aliphatic hydroxyl groups excluding tert-OH is 1. The third kappa shape index (κ3) is 4.28. The number of rotatable bonds is 5. The van der Waals surface area contributed by atoms with Gasteiger partial charge in [-0.15, -0.1) is 0 Å². The Morgan fingerprint density at radius 3 is 2.56 bits per heavy atom. The molecule has 1 heterocycles. The lowest BCUT2D eigenvalue weighted by atomic mass is 10.0. The molecule has 0 saturated heterocycles. The number of hydrogen-bond acceptors (Lipinski definition) is 2. The van der Waals surface area contributed by atoms with Crippen LogP contribution in [0.15, 0.2) is 12.3 Å². The monoisotopic (exact) mass is 261 g/mol. The summed E-state index contributed by atoms with van der Waals surface area (Å²) in [6, 6.07) is 1.61. The lowest BCUT2D eigenvalue weighted by Gasteiger charge is -2.12. The van der Waals surface area contributed by atoms with E-state index in [9.17, 15) is 5.11 Å². The van der Waals surface area contributed by atoms with Crippen molar-refractivity contribution in [3.05, 3.63) is 28.0 Å². The van der Waals surface area contributed by atoms with Crippen LogP contribution < -0.4 is 0 Å². The van der Waals surface area contributed by atoms with Gasteiger partial charge in [0, 0.05) is 6.20 Å². The van der Waals surface area contributed by atoms with E-state index in [0.29, 0.717) is 28.1 Å². The van der Waals surface area contributed by atoms with Crippen molar-refractivity contribution in [3.63, 3.8) is 0 Å². The highest BCUT2D eigenvalue weighted by Gasteiger charge is 2.13. The molecule has 0 aliphatic heterocycles. The minimum Gasteiger partial charge on any atom is -0.387 e. The average Bonchev–Trinajstić information content (AvgIpc) is 2.16. The van der Waals surface area contributed by atoms with Crippen LogP contribution in [0, 0.1) is 5.92 Å². The van der Waals surface area contributed by atoms with Crippen LogP contribution >= 0.6 is 23.2 Å². The topological polar surface area (TPSA) is 33.1 Å². The average molecular weight is 262 g/mol. The van der Waals surface area contributed by atoms with Crippen LogP contribution in [-0.2, 0) is 0 Å². The standard InChI is InChI=1S/C12H17Cl2NO/c1-8(2)4-3-5-11(16)12-10(14)6-9(13)7-15-12/h6-8,11,16H,3-5H2,1-2H3. The molecule has 0 saturated carbocycles. The Bertz CT molecular complexity index is 342. The maximum absolute atomic E-state index is 9.92. The highest BCUT2D eigenvalue weighted by Crippen LogP contribution is 2.27. The molecule has 1 atom stereocenters. The highest BCUT2D eigenvalue weighted by molar-refractivity contribution is 6.34. The van der Waals surface area contributed by atoms with Crippen molar-refractivity contribution in [2.45, 2.75) is 39.2 Å². The second-order valence-electron chi connectivity index (χ2n) is 4.36. The lowest BCUT2D eigenvalue weighted by molar-refractivity contribution is 0.157. The smallest absolute Gasteiger partial charge is 0.0974 e. The number of aliphatic hydroxyl groups is 1. The summed E-state index contributed by atoms with van der Waals surface area (Å²) >= 11 is 11.7. The first-order valence-corrected chi connectivity index (χ1v) is 6.25. The van der Waals surface area contributed by atoms with Crippen LogP contribution in [0.4, 0.5) is 0 Å². The minimum atomic E-state index is -0.594. The zero-order valence-electron chi connectivity index (χ0n) is 9.58. The zero-order chi connectivity index (χ0) is 12.1. The fourth-order valence-electron chi connectivity index (χ4n) is 1.53. The molecule has 4 heteroatoms. The van der Waals surface area contributed by atoms with Gasteiger partial charge in [0.1, 0.15) is 0 Å². The first-order chi connectivity index (χ1) is 7.50. The number of nitrogens with zero attached hydrogens (tertiary/aromatic N) is 1. The van der Waals surface area contributed by atoms with Crippen molar-refractivity contribution in [1.29, 1.82) is 0 Å². The SMILES string of the molecule is CC(C)CCCC(O)c1ncc(Cl)cc1Cl. The predicted octanol–water partition coefficient (Wildman–Crippen LogP) is 4.25. The van der Waals surface area contributed by atoms with Gasteiger partial charge in [-0.1, -0.05) is 49.9 Å². The first kappa shape index (κ1) is 13.8. The van der Waals surface area contributed by atoms with Gasteiger partial charge in [-0.25, -0.2) is 0 Å². The van der Waals surface area contributed by atoms with E-state index in [2.05, 4.69) is 18.8 Å². The molecule has 1 aromatic heterocycles. The summed E-state index contributed by atoms with van der Waals surface area (Å²) in [5.41, 5.74) is 0.523. The van der Waals surface area contributed by atoms with Crippen LogP contribution in [-0.4, -0.2) is 10.1 Å². The molecule has 0 aliphatic rings. The number of aromatic nitrogens is 1. The first-order valence-electron chi connectivity index (χ1n) is 5.49. The van der Waals surface area contributed by atoms with Gasteiger partial charge in [0.15, 0.2) is 0 Å². The second kappa shape index (κ2) is 6.43. The lowest BCUT2D eigenvalue weighted by Crippen LogP contribution is -2.02. The number of halogens is 2. The summed E-state index contributed by atoms with van der Waals surface area (Å²) in [6.45, 7) is 4.33. The fourth-order valence-corrected chi connectivity index (χ4v) is 2.03. The van der Waals surface area contributed by atoms with Gasteiger partial charge in [-0.3, -0.25) is 4.98 Å². The summed E-state index contributed by atoms with van der Waals surface area (Å²) in [4.78, 5) is 4.06. The molecule has 1 rings (SSSR count). The molecule has 16 heavy (non-hydrogen) atoms. The van der Waals surface area contributed by atoms with E-state index in [0.717, 1.165) is 12.8 Å². The Labute approximate surface area is 107 Å². The molecule has 0 bridgehead atoms. The van der Waals surface area contributed by atoms with Gasteiger partial charge in [0.2, 0.25) is 0 Å². The van der Waals surface area contributed by atoms with Gasteiger partial charge < -0.3 is 5.11 Å². The molecule has 90 valence electrons. The maximum atomic E-state index is 9.92. The predicted molar refractivity (Wildman–Crippen MR) is 67.9 cm³/mol. The van der Waals surface area contributed by atoms with E-state index in [1.165, 1.54) is 6.20 Å². The Balaban J connectivity index is 2.55. The van der Waals surface area contributed by atoms with Gasteiger partial charge in [-0.05, 0) is 18.4 Å². The van der Waals surface area contributed by atoms with Gasteiger partial charge in [0.25, 0.3) is 0 Å². The molecule has 0 spiro atoms. The van der Waals surface area contributed by atoms with E-state index < -0.39 is 6.10 Å². The van der Waals surface area contributed by atoms with Gasteiger partial charge >= 0.3 is 0 Å². The largest absolute Gasteiger partial charge is 0.387 e. The quantitative estimate of drug-likeness (QED) is 0.860. The number of pyridine rings is 1. The maximum Gasteiger partial charge on any atom is 0.0974 e. The van der Waals surface area contributed by atoms with Crippen molar-refractivity contribution < 1.29 is 5.11 Å². The Morgan fingerprint density at radius 1 is 1.31 bits per heavy atom. The molecule has 0 radical (unpaired) electrons. The molecular formula is C12H17Cl2NO. The fraction of sp³-hybridized carbons (Fsp3) is 0.583. The highest BCUT2D eigenvalue weighted by atomic mass is 35.5. The Hall–Kier alpha value is -0.310. The van der Waals surface area contributed by atoms with E-state index >= 15 is 0 Å². The third-order valence-electron chi connectivity index (χ3n) is 2.41. The third-order valence-corrected chi connectivity index (χ3v) is 2.92. The summed E-state index contributed by atoms with van der Waals surface area (Å²) < 4.78 is 0. The zero-order valence-corrected chi connectivity index (χ0v) is 11.1. The van der Waals surface area contributed by atoms with Crippen LogP contribution in [0.5, 0.6) is 0 Å². The van der Waals surface area contributed by atoms with Crippen molar-refractivity contribution in [2.24, 2.45) is 5.92 Å². The summed E-state index contributed by atoms with van der Waals surface area (Å²) in [7, 11) is 0. The summed E-state index contributed by atoms with van der Waals surface area (Å²) in [5.74, 6) is 0.654. The summed E-state index contributed by atoms with van der Waals surface area (Å²) in [5, 5.41) is 10.8. The van der Waals surface area contributed by atoms with Crippen LogP contribution in [0.3, 0.4) is 0 Å². The molecule has 0 fully saturated rings. The molecular weight excluding hydrogens is 245 g/mol. The molecule has 0 aromatic carbocycles. The van der Waals surface area contributed by atoms with Crippen molar-refractivity contribution in [3.8, 4) is 0 Å². The van der Waals surface area contributed by atoms with Crippen LogP contribution in [0.1, 0.15) is 44.9 Å². The molecule has 2 nitrogen and oxygen atoms in total. The Kier molecular flexibility index (Phi) is 5.53. The second-order valence-corrected chi connectivity index (χ2v) is 5.20. The minimum absolute atomic E-state index is 0.435. The van der Waals surface area contributed by atoms with Crippen molar-refractivity contribution in [1.82, 2.24) is 4.98 Å². The van der Waals surface area contributed by atoms with Gasteiger partial charge in [0.05, 0.1) is 21.8 Å². The van der Waals surface area contributed by atoms with Crippen molar-refractivity contribution >= 4 is 23.2 Å². The van der Waals surface area contributed by atoms with Crippen molar-refractivity contribution in [2.75, 3.05) is 0 Å². The molecule has 1 aromatic rings. The van der Waals surface area contributed by atoms with Gasteiger partial charge in [-0.2, -0.15) is 0 Å². The van der Waals surface area contributed by atoms with E-state index in [1.54, 1.807) is 6.07 Å². The molecule has 1 unspecified atom stereocenters. The summed E-state index contributed by atoms with van der Waals surface area (Å²) in [6.07, 6.45) is 3.67. The Morgan fingerprint density at radius 2 is 2.00 bits per heavy atom. The normalized spacial score (nSPS) is 13.1. The van der Waals surface area contributed by atoms with Crippen LogP contribution in [0.2, 0.25) is 10.0 Å². The van der Waals surface area contributed by atoms with E-state index in [-0.39, 0.29) is 0 Å². The van der Waals surface area contributed by atoms with Crippen LogP contribution in [0.25, 0.3) is 0 Å². The van der Waals surface area contributed by atoms with E-state index in [1.807, 2.05) is 0 Å². The number of hydrogen-bond donors (Lipinski definition) is 1. The molecule has 0 amide bonds.